The Morgan fingerprint density at radius 3 is 2.34 bits per heavy atom. The van der Waals surface area contributed by atoms with Gasteiger partial charge in [0.25, 0.3) is 0 Å². The van der Waals surface area contributed by atoms with Gasteiger partial charge in [0.1, 0.15) is 0 Å². The highest BCUT2D eigenvalue weighted by Gasteiger charge is 2.26. The largest absolute Gasteiger partial charge is 0.555 e. The average Bonchev–Trinajstić information content (AvgIpc) is 3.28. The molecular formula is C23H21Cl2N2OS-. The van der Waals surface area contributed by atoms with E-state index in [1.807, 2.05) is 23.2 Å². The summed E-state index contributed by atoms with van der Waals surface area (Å²) in [4.78, 5) is 2.24. The zero-order valence-corrected chi connectivity index (χ0v) is 18.7. The molecule has 0 saturated heterocycles. The molecule has 0 spiro atoms. The van der Waals surface area contributed by atoms with E-state index in [-0.39, 0.29) is 6.04 Å². The molecule has 0 saturated carbocycles. The minimum atomic E-state index is -0.987. The van der Waals surface area contributed by atoms with Crippen molar-refractivity contribution in [3.8, 4) is 10.4 Å². The van der Waals surface area contributed by atoms with Gasteiger partial charge in [0.05, 0.1) is 0 Å². The summed E-state index contributed by atoms with van der Waals surface area (Å²) in [6.45, 7) is 5.61. The monoisotopic (exact) mass is 443 g/mol. The molecular weight excluding hydrogens is 423 g/mol. The molecule has 1 aliphatic rings. The van der Waals surface area contributed by atoms with Crippen molar-refractivity contribution in [3.63, 3.8) is 0 Å². The molecule has 2 aromatic carbocycles. The number of thiophene rings is 1. The van der Waals surface area contributed by atoms with Gasteiger partial charge < -0.3 is 15.5 Å². The van der Waals surface area contributed by atoms with Gasteiger partial charge in [-0.05, 0) is 56.7 Å². The normalized spacial score (nSPS) is 17.0. The van der Waals surface area contributed by atoms with Gasteiger partial charge in [-0.25, -0.2) is 0 Å². The fourth-order valence-electron chi connectivity index (χ4n) is 3.27. The van der Waals surface area contributed by atoms with E-state index in [1.54, 1.807) is 31.3 Å². The van der Waals surface area contributed by atoms with Crippen LogP contribution in [0.3, 0.4) is 0 Å². The maximum Gasteiger partial charge on any atom is 0.0496 e. The second kappa shape index (κ2) is 7.78. The molecule has 1 unspecified atom stereocenters. The van der Waals surface area contributed by atoms with Crippen molar-refractivity contribution >= 4 is 45.9 Å². The predicted molar refractivity (Wildman–Crippen MR) is 125 cm³/mol. The van der Waals surface area contributed by atoms with Gasteiger partial charge in [-0.1, -0.05) is 65.1 Å². The number of aliphatic hydroxyl groups is 1. The van der Waals surface area contributed by atoms with Crippen molar-refractivity contribution < 1.29 is 5.11 Å². The standard InChI is InChI=1S/C23H21Cl2N2OS/c1-14-5-4-6-15(9-14)20-7-8-21(29-20)19-13-22(23(2,3)28)26-27(19)18-11-16(24)10-17(25)12-18/h4-13,22,28H,1-3H3/q-1. The number of nitrogens with zero attached hydrogens (tertiary/aromatic N) is 2. The summed E-state index contributed by atoms with van der Waals surface area (Å²) in [5.74, 6) is 0. The molecule has 1 aliphatic heterocycles. The van der Waals surface area contributed by atoms with Crippen molar-refractivity contribution in [2.45, 2.75) is 32.4 Å². The van der Waals surface area contributed by atoms with Crippen LogP contribution in [0.2, 0.25) is 10.0 Å². The minimum Gasteiger partial charge on any atom is -0.555 e. The molecule has 0 aliphatic carbocycles. The Morgan fingerprint density at radius 1 is 1.00 bits per heavy atom. The molecule has 0 radical (unpaired) electrons. The zero-order valence-electron chi connectivity index (χ0n) is 16.4. The van der Waals surface area contributed by atoms with Gasteiger partial charge in [0.2, 0.25) is 0 Å². The van der Waals surface area contributed by atoms with Crippen LogP contribution in [-0.4, -0.2) is 16.7 Å². The lowest BCUT2D eigenvalue weighted by atomic mass is 9.99. The molecule has 0 amide bonds. The third kappa shape index (κ3) is 4.37. The lowest BCUT2D eigenvalue weighted by Gasteiger charge is -2.42. The number of hydrogen-bond acceptors (Lipinski definition) is 3. The number of hydrogen-bond donors (Lipinski definition) is 1. The van der Waals surface area contributed by atoms with Gasteiger partial charge in [-0.15, -0.1) is 11.3 Å². The first-order chi connectivity index (χ1) is 13.7. The molecule has 4 rings (SSSR count). The second-order valence-corrected chi connectivity index (χ2v) is 9.70. The third-order valence-corrected chi connectivity index (χ3v) is 6.35. The zero-order chi connectivity index (χ0) is 20.8. The second-order valence-electron chi connectivity index (χ2n) is 7.74. The van der Waals surface area contributed by atoms with E-state index in [1.165, 1.54) is 16.0 Å². The topological polar surface area (TPSA) is 37.6 Å². The molecule has 6 heteroatoms. The lowest BCUT2D eigenvalue weighted by Crippen LogP contribution is -2.33. The van der Waals surface area contributed by atoms with Gasteiger partial charge in [-0.2, -0.15) is 0 Å². The minimum absolute atomic E-state index is 0.375. The summed E-state index contributed by atoms with van der Waals surface area (Å²) in [5.41, 5.74) is 7.86. The molecule has 1 atom stereocenters. The Hall–Kier alpha value is -1.82. The first-order valence-corrected chi connectivity index (χ1v) is 10.9. The van der Waals surface area contributed by atoms with E-state index in [9.17, 15) is 5.11 Å². The Labute approximate surface area is 185 Å². The van der Waals surface area contributed by atoms with Crippen molar-refractivity contribution in [2.75, 3.05) is 5.01 Å². The smallest absolute Gasteiger partial charge is 0.0496 e. The summed E-state index contributed by atoms with van der Waals surface area (Å²) >= 11 is 14.2. The third-order valence-electron chi connectivity index (χ3n) is 4.76. The van der Waals surface area contributed by atoms with Gasteiger partial charge in [-0.3, -0.25) is 0 Å². The summed E-state index contributed by atoms with van der Waals surface area (Å²) in [6.07, 6.45) is 2.00. The number of rotatable bonds is 4. The van der Waals surface area contributed by atoms with E-state index < -0.39 is 5.60 Å². The molecule has 3 aromatic rings. The van der Waals surface area contributed by atoms with E-state index in [0.29, 0.717) is 10.0 Å². The fraction of sp³-hybridized carbons (Fsp3) is 0.217. The van der Waals surface area contributed by atoms with Crippen LogP contribution in [0, 0.1) is 6.92 Å². The Kier molecular flexibility index (Phi) is 5.49. The maximum absolute atomic E-state index is 10.6. The molecule has 1 N–H and O–H groups in total. The van der Waals surface area contributed by atoms with Crippen LogP contribution >= 0.6 is 34.5 Å². The molecule has 3 nitrogen and oxygen atoms in total. The van der Waals surface area contributed by atoms with Crippen molar-refractivity contribution in [1.29, 1.82) is 0 Å². The lowest BCUT2D eigenvalue weighted by molar-refractivity contribution is 0.0765. The molecule has 0 bridgehead atoms. The molecule has 29 heavy (non-hydrogen) atoms. The Bertz CT molecular complexity index is 1060. The quantitative estimate of drug-likeness (QED) is 0.458. The van der Waals surface area contributed by atoms with Crippen LogP contribution in [0.5, 0.6) is 0 Å². The Morgan fingerprint density at radius 2 is 1.69 bits per heavy atom. The number of halogens is 2. The van der Waals surface area contributed by atoms with Crippen LogP contribution in [0.15, 0.2) is 60.7 Å². The summed E-state index contributed by atoms with van der Waals surface area (Å²) in [7, 11) is 0. The average molecular weight is 444 g/mol. The van der Waals surface area contributed by atoms with Crippen LogP contribution in [0.25, 0.3) is 21.6 Å². The first-order valence-electron chi connectivity index (χ1n) is 9.29. The molecule has 1 aromatic heterocycles. The van der Waals surface area contributed by atoms with Crippen LogP contribution in [0.1, 0.15) is 24.3 Å². The summed E-state index contributed by atoms with van der Waals surface area (Å²) < 4.78 is 0. The van der Waals surface area contributed by atoms with Gasteiger partial charge in [0.15, 0.2) is 0 Å². The highest BCUT2D eigenvalue weighted by molar-refractivity contribution is 7.16. The highest BCUT2D eigenvalue weighted by atomic mass is 35.5. The number of anilines is 1. The maximum atomic E-state index is 10.6. The van der Waals surface area contributed by atoms with Crippen molar-refractivity contribution in [2.24, 2.45) is 0 Å². The number of benzene rings is 2. The van der Waals surface area contributed by atoms with E-state index in [2.05, 4.69) is 43.3 Å². The van der Waals surface area contributed by atoms with Gasteiger partial charge in [0, 0.05) is 36.8 Å². The Balaban J connectivity index is 1.76. The van der Waals surface area contributed by atoms with Crippen molar-refractivity contribution in [3.05, 3.63) is 86.6 Å². The highest BCUT2D eigenvalue weighted by Crippen LogP contribution is 2.44. The van der Waals surface area contributed by atoms with Crippen molar-refractivity contribution in [1.82, 2.24) is 0 Å². The predicted octanol–water partition coefficient (Wildman–Crippen LogP) is 7.32. The van der Waals surface area contributed by atoms with Crippen LogP contribution in [0.4, 0.5) is 5.69 Å². The van der Waals surface area contributed by atoms with Crippen LogP contribution < -0.4 is 5.01 Å². The summed E-state index contributed by atoms with van der Waals surface area (Å²) in [5, 5.41) is 13.5. The van der Waals surface area contributed by atoms with E-state index in [0.717, 1.165) is 16.3 Å². The van der Waals surface area contributed by atoms with Gasteiger partial charge >= 0.3 is 0 Å². The molecule has 2 heterocycles. The van der Waals surface area contributed by atoms with E-state index >= 15 is 0 Å². The summed E-state index contributed by atoms with van der Waals surface area (Å²) in [6, 6.07) is 17.6. The molecule has 150 valence electrons. The van der Waals surface area contributed by atoms with Crippen LogP contribution in [-0.2, 0) is 0 Å². The van der Waals surface area contributed by atoms with E-state index in [4.69, 9.17) is 28.6 Å². The first kappa shape index (κ1) is 20.5. The molecule has 0 fully saturated rings. The SMILES string of the molecule is Cc1cccc(-c2ccc(C3=CC(C(C)(C)O)[N-]N3c3cc(Cl)cc(Cl)c3)s2)c1. The fourth-order valence-corrected chi connectivity index (χ4v) is 4.80. The number of aryl methyl sites for hydroxylation is 1.